The maximum absolute atomic E-state index is 12.6. The monoisotopic (exact) mass is 280 g/mol. The Balaban J connectivity index is 1.82. The number of sulfonamides is 1. The molecule has 0 radical (unpaired) electrons. The van der Waals surface area contributed by atoms with E-state index in [-0.39, 0.29) is 6.04 Å². The second-order valence-corrected chi connectivity index (χ2v) is 7.73. The Morgan fingerprint density at radius 2 is 1.95 bits per heavy atom. The third-order valence-corrected chi connectivity index (χ3v) is 6.43. The Morgan fingerprint density at radius 1 is 1.26 bits per heavy atom. The summed E-state index contributed by atoms with van der Waals surface area (Å²) in [5, 5.41) is 0. The highest BCUT2D eigenvalue weighted by Gasteiger charge is 2.44. The van der Waals surface area contributed by atoms with Crippen molar-refractivity contribution in [3.63, 3.8) is 0 Å². The summed E-state index contributed by atoms with van der Waals surface area (Å²) in [6, 6.07) is 7.25. The molecule has 1 aromatic rings. The number of nitrogens with zero attached hydrogens (tertiary/aromatic N) is 1. The van der Waals surface area contributed by atoms with Gasteiger partial charge < -0.3 is 5.73 Å². The number of hydrogen-bond acceptors (Lipinski definition) is 3. The molecule has 19 heavy (non-hydrogen) atoms. The van der Waals surface area contributed by atoms with E-state index in [4.69, 9.17) is 5.73 Å². The first-order valence-electron chi connectivity index (χ1n) is 6.81. The first-order valence-corrected chi connectivity index (χ1v) is 8.25. The minimum atomic E-state index is -3.35. The van der Waals surface area contributed by atoms with Gasteiger partial charge >= 0.3 is 0 Å². The highest BCUT2D eigenvalue weighted by Crippen LogP contribution is 2.40. The standard InChI is InChI=1S/C14H20N2O2S/c1-10-2-4-12(5-3-10)19(17,18)16-7-6-11-8-14(15)13(11)9-16/h2-5,11,13-14H,6-9,15H2,1H3/t11-,13-,14+/m0/s1. The maximum atomic E-state index is 12.6. The molecule has 1 saturated heterocycles. The van der Waals surface area contributed by atoms with Crippen LogP contribution in [0, 0.1) is 18.8 Å². The zero-order valence-corrected chi connectivity index (χ0v) is 11.9. The van der Waals surface area contributed by atoms with Crippen molar-refractivity contribution in [1.29, 1.82) is 0 Å². The highest BCUT2D eigenvalue weighted by molar-refractivity contribution is 7.89. The van der Waals surface area contributed by atoms with E-state index < -0.39 is 10.0 Å². The number of nitrogens with two attached hydrogens (primary N) is 1. The van der Waals surface area contributed by atoms with E-state index in [1.807, 2.05) is 19.1 Å². The van der Waals surface area contributed by atoms with Crippen LogP contribution in [0.4, 0.5) is 0 Å². The molecule has 2 N–H and O–H groups in total. The lowest BCUT2D eigenvalue weighted by atomic mass is 9.66. The fraction of sp³-hybridized carbons (Fsp3) is 0.571. The first-order chi connectivity index (χ1) is 8.98. The molecule has 104 valence electrons. The van der Waals surface area contributed by atoms with Crippen LogP contribution in [0.5, 0.6) is 0 Å². The number of hydrogen-bond donors (Lipinski definition) is 1. The summed E-state index contributed by atoms with van der Waals surface area (Å²) in [6.07, 6.45) is 2.01. The molecule has 0 spiro atoms. The van der Waals surface area contributed by atoms with Crippen LogP contribution >= 0.6 is 0 Å². The molecular formula is C14H20N2O2S. The Morgan fingerprint density at radius 3 is 2.58 bits per heavy atom. The van der Waals surface area contributed by atoms with Crippen LogP contribution in [0.15, 0.2) is 29.2 Å². The molecule has 0 unspecified atom stereocenters. The van der Waals surface area contributed by atoms with Gasteiger partial charge in [-0.3, -0.25) is 0 Å². The van der Waals surface area contributed by atoms with Gasteiger partial charge in [0.1, 0.15) is 0 Å². The van der Waals surface area contributed by atoms with Gasteiger partial charge in [-0.2, -0.15) is 4.31 Å². The Bertz CT molecular complexity index is 568. The molecule has 1 aliphatic heterocycles. The van der Waals surface area contributed by atoms with Crippen molar-refractivity contribution in [1.82, 2.24) is 4.31 Å². The van der Waals surface area contributed by atoms with Crippen LogP contribution in [0.3, 0.4) is 0 Å². The van der Waals surface area contributed by atoms with Crippen molar-refractivity contribution in [2.24, 2.45) is 17.6 Å². The van der Waals surface area contributed by atoms with E-state index in [9.17, 15) is 8.42 Å². The minimum Gasteiger partial charge on any atom is -0.327 e. The average Bonchev–Trinajstić information content (AvgIpc) is 2.38. The summed E-state index contributed by atoms with van der Waals surface area (Å²) in [5.41, 5.74) is 7.04. The third kappa shape index (κ3) is 2.20. The Hall–Kier alpha value is -0.910. The topological polar surface area (TPSA) is 63.4 Å². The van der Waals surface area contributed by atoms with Crippen LogP contribution in [0.1, 0.15) is 18.4 Å². The van der Waals surface area contributed by atoms with Gasteiger partial charge in [0, 0.05) is 19.1 Å². The molecule has 0 amide bonds. The molecule has 5 heteroatoms. The third-order valence-electron chi connectivity index (χ3n) is 4.55. The summed E-state index contributed by atoms with van der Waals surface area (Å²) in [4.78, 5) is 0.393. The van der Waals surface area contributed by atoms with E-state index in [0.29, 0.717) is 29.8 Å². The largest absolute Gasteiger partial charge is 0.327 e. The first kappa shape index (κ1) is 13.1. The van der Waals surface area contributed by atoms with Crippen LogP contribution in [-0.4, -0.2) is 31.9 Å². The van der Waals surface area contributed by atoms with Gasteiger partial charge in [-0.25, -0.2) is 8.42 Å². The molecule has 1 saturated carbocycles. The zero-order valence-electron chi connectivity index (χ0n) is 11.1. The smallest absolute Gasteiger partial charge is 0.243 e. The summed E-state index contributed by atoms with van der Waals surface area (Å²) in [6.45, 7) is 3.17. The van der Waals surface area contributed by atoms with E-state index in [1.165, 1.54) is 0 Å². The fourth-order valence-corrected chi connectivity index (χ4v) is 4.68. The lowest BCUT2D eigenvalue weighted by molar-refractivity contribution is 0.0609. The van der Waals surface area contributed by atoms with Crippen LogP contribution in [0.2, 0.25) is 0 Å². The Kier molecular flexibility index (Phi) is 3.15. The average molecular weight is 280 g/mol. The van der Waals surface area contributed by atoms with Crippen molar-refractivity contribution >= 4 is 10.0 Å². The SMILES string of the molecule is Cc1ccc(S(=O)(=O)N2CC[C@H]3C[C@@H](N)[C@H]3C2)cc1. The number of aryl methyl sites for hydroxylation is 1. The van der Waals surface area contributed by atoms with Crippen LogP contribution in [-0.2, 0) is 10.0 Å². The van der Waals surface area contributed by atoms with Crippen molar-refractivity contribution in [2.75, 3.05) is 13.1 Å². The molecule has 0 aromatic heterocycles. The van der Waals surface area contributed by atoms with E-state index in [1.54, 1.807) is 16.4 Å². The van der Waals surface area contributed by atoms with Gasteiger partial charge in [0.25, 0.3) is 0 Å². The second kappa shape index (κ2) is 4.58. The molecule has 2 fully saturated rings. The molecule has 4 nitrogen and oxygen atoms in total. The number of rotatable bonds is 2. The predicted octanol–water partition coefficient (Wildman–Crippen LogP) is 1.35. The molecule has 3 rings (SSSR count). The molecule has 1 aromatic carbocycles. The number of benzene rings is 1. The lowest BCUT2D eigenvalue weighted by Gasteiger charge is -2.49. The predicted molar refractivity (Wildman–Crippen MR) is 74.1 cm³/mol. The fourth-order valence-electron chi connectivity index (χ4n) is 3.18. The summed E-state index contributed by atoms with van der Waals surface area (Å²) in [5.74, 6) is 0.994. The molecular weight excluding hydrogens is 260 g/mol. The van der Waals surface area contributed by atoms with Gasteiger partial charge in [-0.05, 0) is 43.7 Å². The van der Waals surface area contributed by atoms with E-state index in [2.05, 4.69) is 0 Å². The molecule has 0 bridgehead atoms. The number of fused-ring (bicyclic) bond motifs is 1. The van der Waals surface area contributed by atoms with E-state index in [0.717, 1.165) is 18.4 Å². The quantitative estimate of drug-likeness (QED) is 0.889. The van der Waals surface area contributed by atoms with Crippen molar-refractivity contribution in [3.05, 3.63) is 29.8 Å². The zero-order chi connectivity index (χ0) is 13.6. The summed E-state index contributed by atoms with van der Waals surface area (Å²) < 4.78 is 26.7. The van der Waals surface area contributed by atoms with Gasteiger partial charge in [0.05, 0.1) is 4.90 Å². The Labute approximate surface area is 114 Å². The molecule has 1 heterocycles. The van der Waals surface area contributed by atoms with Crippen molar-refractivity contribution in [3.8, 4) is 0 Å². The number of piperidine rings is 1. The van der Waals surface area contributed by atoms with Gasteiger partial charge in [0.15, 0.2) is 0 Å². The van der Waals surface area contributed by atoms with Gasteiger partial charge in [-0.1, -0.05) is 17.7 Å². The molecule has 2 aliphatic rings. The summed E-state index contributed by atoms with van der Waals surface area (Å²) >= 11 is 0. The summed E-state index contributed by atoms with van der Waals surface area (Å²) in [7, 11) is -3.35. The lowest BCUT2D eigenvalue weighted by Crippen LogP contribution is -2.57. The minimum absolute atomic E-state index is 0.181. The van der Waals surface area contributed by atoms with E-state index >= 15 is 0 Å². The normalized spacial score (nSPS) is 31.6. The van der Waals surface area contributed by atoms with Crippen molar-refractivity contribution in [2.45, 2.75) is 30.7 Å². The maximum Gasteiger partial charge on any atom is 0.243 e. The second-order valence-electron chi connectivity index (χ2n) is 5.79. The van der Waals surface area contributed by atoms with Gasteiger partial charge in [-0.15, -0.1) is 0 Å². The molecule has 1 aliphatic carbocycles. The van der Waals surface area contributed by atoms with Gasteiger partial charge in [0.2, 0.25) is 10.0 Å². The van der Waals surface area contributed by atoms with Crippen molar-refractivity contribution < 1.29 is 8.42 Å². The van der Waals surface area contributed by atoms with Crippen LogP contribution < -0.4 is 5.73 Å². The van der Waals surface area contributed by atoms with Crippen LogP contribution in [0.25, 0.3) is 0 Å². The highest BCUT2D eigenvalue weighted by atomic mass is 32.2. The molecule has 3 atom stereocenters.